The lowest BCUT2D eigenvalue weighted by Gasteiger charge is -2.30. The Morgan fingerprint density at radius 2 is 1.77 bits per heavy atom. The van der Waals surface area contributed by atoms with E-state index in [9.17, 15) is 9.59 Å². The highest BCUT2D eigenvalue weighted by Crippen LogP contribution is 2.26. The van der Waals surface area contributed by atoms with E-state index < -0.39 is 6.04 Å². The van der Waals surface area contributed by atoms with Crippen LogP contribution in [0.25, 0.3) is 0 Å². The van der Waals surface area contributed by atoms with Gasteiger partial charge in [-0.3, -0.25) is 9.59 Å². The maximum atomic E-state index is 13.1. The first-order valence-corrected chi connectivity index (χ1v) is 10.7. The van der Waals surface area contributed by atoms with E-state index in [2.05, 4.69) is 5.32 Å². The fraction of sp³-hybridized carbons (Fsp3) is 0.417. The van der Waals surface area contributed by atoms with Gasteiger partial charge in [0, 0.05) is 18.1 Å². The highest BCUT2D eigenvalue weighted by Gasteiger charge is 2.28. The molecule has 0 aliphatic rings. The molecule has 1 unspecified atom stereocenters. The van der Waals surface area contributed by atoms with Crippen LogP contribution in [0.3, 0.4) is 0 Å². The Bertz CT molecular complexity index is 875. The lowest BCUT2D eigenvalue weighted by molar-refractivity contribution is -0.142. The van der Waals surface area contributed by atoms with Gasteiger partial charge in [0.2, 0.25) is 5.91 Å². The molecule has 1 atom stereocenters. The summed E-state index contributed by atoms with van der Waals surface area (Å²) >= 11 is 6.22. The van der Waals surface area contributed by atoms with Gasteiger partial charge in [0.15, 0.2) is 6.61 Å². The number of ether oxygens (including phenoxy) is 1. The predicted octanol–water partition coefficient (Wildman–Crippen LogP) is 4.59. The van der Waals surface area contributed by atoms with Gasteiger partial charge in [0.1, 0.15) is 11.8 Å². The summed E-state index contributed by atoms with van der Waals surface area (Å²) in [6.45, 7) is 10.3. The van der Waals surface area contributed by atoms with Gasteiger partial charge in [0.25, 0.3) is 5.91 Å². The topological polar surface area (TPSA) is 58.6 Å². The normalized spacial score (nSPS) is 11.7. The molecule has 2 amide bonds. The van der Waals surface area contributed by atoms with Crippen LogP contribution in [0.2, 0.25) is 5.02 Å². The van der Waals surface area contributed by atoms with Crippen molar-refractivity contribution in [3.8, 4) is 5.75 Å². The van der Waals surface area contributed by atoms with Gasteiger partial charge < -0.3 is 15.0 Å². The van der Waals surface area contributed by atoms with Crippen LogP contribution in [-0.4, -0.2) is 35.9 Å². The molecule has 0 aromatic heterocycles. The third-order valence-corrected chi connectivity index (χ3v) is 5.54. The molecular formula is C24H31ClN2O3. The van der Waals surface area contributed by atoms with E-state index in [1.54, 1.807) is 4.90 Å². The van der Waals surface area contributed by atoms with Gasteiger partial charge >= 0.3 is 0 Å². The van der Waals surface area contributed by atoms with Crippen molar-refractivity contribution in [1.29, 1.82) is 0 Å². The molecule has 0 saturated heterocycles. The van der Waals surface area contributed by atoms with Crippen LogP contribution in [-0.2, 0) is 16.1 Å². The molecule has 0 aliphatic heterocycles. The summed E-state index contributed by atoms with van der Waals surface area (Å²) in [5, 5.41) is 3.53. The number of nitrogens with one attached hydrogen (secondary N) is 1. The second-order valence-corrected chi connectivity index (χ2v) is 7.87. The Hall–Kier alpha value is -2.53. The zero-order valence-corrected chi connectivity index (χ0v) is 19.2. The Labute approximate surface area is 184 Å². The van der Waals surface area contributed by atoms with E-state index in [0.717, 1.165) is 22.3 Å². The van der Waals surface area contributed by atoms with Crippen LogP contribution in [0.15, 0.2) is 36.4 Å². The smallest absolute Gasteiger partial charge is 0.261 e. The molecule has 0 spiro atoms. The summed E-state index contributed by atoms with van der Waals surface area (Å²) in [6, 6.07) is 11.0. The average molecular weight is 431 g/mol. The van der Waals surface area contributed by atoms with Crippen molar-refractivity contribution in [3.63, 3.8) is 0 Å². The number of hydrogen-bond acceptors (Lipinski definition) is 3. The largest absolute Gasteiger partial charge is 0.484 e. The van der Waals surface area contributed by atoms with Crippen LogP contribution in [0.5, 0.6) is 5.75 Å². The van der Waals surface area contributed by atoms with Crippen LogP contribution < -0.4 is 10.1 Å². The van der Waals surface area contributed by atoms with Gasteiger partial charge in [0.05, 0.1) is 0 Å². The second kappa shape index (κ2) is 11.0. The van der Waals surface area contributed by atoms with Gasteiger partial charge in [-0.05, 0) is 62.9 Å². The first kappa shape index (κ1) is 23.7. The monoisotopic (exact) mass is 430 g/mol. The van der Waals surface area contributed by atoms with Gasteiger partial charge in [-0.15, -0.1) is 0 Å². The molecule has 0 aliphatic carbocycles. The lowest BCUT2D eigenvalue weighted by Crippen LogP contribution is -2.50. The fourth-order valence-electron chi connectivity index (χ4n) is 3.44. The molecule has 2 rings (SSSR count). The van der Waals surface area contributed by atoms with Crippen molar-refractivity contribution in [2.24, 2.45) is 0 Å². The molecule has 5 nitrogen and oxygen atoms in total. The summed E-state index contributed by atoms with van der Waals surface area (Å²) in [4.78, 5) is 27.4. The number of amides is 2. The number of likely N-dealkylation sites (N-methyl/N-ethyl adjacent to an activating group) is 1. The van der Waals surface area contributed by atoms with Crippen molar-refractivity contribution in [3.05, 3.63) is 63.7 Å². The molecular weight excluding hydrogens is 400 g/mol. The summed E-state index contributed by atoms with van der Waals surface area (Å²) in [5.41, 5.74) is 3.87. The first-order chi connectivity index (χ1) is 14.3. The van der Waals surface area contributed by atoms with Gasteiger partial charge in [-0.2, -0.15) is 0 Å². The molecule has 30 heavy (non-hydrogen) atoms. The molecule has 2 aromatic rings. The summed E-state index contributed by atoms with van der Waals surface area (Å²) in [5.74, 6) is 0.198. The number of hydrogen-bond donors (Lipinski definition) is 1. The number of carbonyl (C=O) groups is 2. The summed E-state index contributed by atoms with van der Waals surface area (Å²) in [6.07, 6.45) is 0.516. The van der Waals surface area contributed by atoms with Crippen molar-refractivity contribution >= 4 is 23.4 Å². The minimum absolute atomic E-state index is 0.151. The van der Waals surface area contributed by atoms with Crippen molar-refractivity contribution in [2.75, 3.05) is 13.2 Å². The second-order valence-electron chi connectivity index (χ2n) is 7.49. The molecule has 0 saturated carbocycles. The van der Waals surface area contributed by atoms with Crippen molar-refractivity contribution < 1.29 is 14.3 Å². The van der Waals surface area contributed by atoms with E-state index in [0.29, 0.717) is 30.3 Å². The highest BCUT2D eigenvalue weighted by molar-refractivity contribution is 6.32. The number of benzene rings is 2. The predicted molar refractivity (Wildman–Crippen MR) is 121 cm³/mol. The first-order valence-electron chi connectivity index (χ1n) is 10.3. The minimum atomic E-state index is -0.560. The van der Waals surface area contributed by atoms with E-state index >= 15 is 0 Å². The van der Waals surface area contributed by atoms with Crippen LogP contribution >= 0.6 is 11.6 Å². The number of halogens is 1. The summed E-state index contributed by atoms with van der Waals surface area (Å²) < 4.78 is 5.78. The maximum Gasteiger partial charge on any atom is 0.261 e. The fourth-order valence-corrected chi connectivity index (χ4v) is 3.55. The minimum Gasteiger partial charge on any atom is -0.484 e. The third-order valence-electron chi connectivity index (χ3n) is 4.94. The standard InChI is InChI=1S/C24H31ClN2O3/c1-6-21(24(29)26-7-2)27(14-19-10-8-9-16(3)11-19)22(28)15-30-20-12-17(4)23(25)18(5)13-20/h8-13,21H,6-7,14-15H2,1-5H3,(H,26,29). The van der Waals surface area contributed by atoms with Crippen molar-refractivity contribution in [2.45, 2.75) is 53.6 Å². The number of nitrogens with zero attached hydrogens (tertiary/aromatic N) is 1. The number of rotatable bonds is 9. The molecule has 6 heteroatoms. The van der Waals surface area contributed by atoms with E-state index in [4.69, 9.17) is 16.3 Å². The van der Waals surface area contributed by atoms with E-state index in [1.165, 1.54) is 0 Å². The lowest BCUT2D eigenvalue weighted by atomic mass is 10.1. The zero-order valence-electron chi connectivity index (χ0n) is 18.4. The SMILES string of the molecule is CCNC(=O)C(CC)N(Cc1cccc(C)c1)C(=O)COc1cc(C)c(Cl)c(C)c1. The Kier molecular flexibility index (Phi) is 8.72. The highest BCUT2D eigenvalue weighted by atomic mass is 35.5. The Balaban J connectivity index is 2.23. The number of carbonyl (C=O) groups excluding carboxylic acids is 2. The number of aryl methyl sites for hydroxylation is 3. The van der Waals surface area contributed by atoms with Crippen LogP contribution in [0.4, 0.5) is 0 Å². The molecule has 2 aromatic carbocycles. The molecule has 1 N–H and O–H groups in total. The quantitative estimate of drug-likeness (QED) is 0.633. The van der Waals surface area contributed by atoms with Gasteiger partial charge in [-0.25, -0.2) is 0 Å². The summed E-state index contributed by atoms with van der Waals surface area (Å²) in [7, 11) is 0. The molecule has 0 heterocycles. The van der Waals surface area contributed by atoms with Crippen molar-refractivity contribution in [1.82, 2.24) is 10.2 Å². The zero-order chi connectivity index (χ0) is 22.3. The average Bonchev–Trinajstić information content (AvgIpc) is 2.70. The third kappa shape index (κ3) is 6.23. The maximum absolute atomic E-state index is 13.1. The van der Waals surface area contributed by atoms with Gasteiger partial charge in [-0.1, -0.05) is 48.4 Å². The van der Waals surface area contributed by atoms with E-state index in [-0.39, 0.29) is 18.4 Å². The molecule has 162 valence electrons. The Morgan fingerprint density at radius 1 is 1.10 bits per heavy atom. The molecule has 0 fully saturated rings. The van der Waals surface area contributed by atoms with Crippen LogP contribution in [0, 0.1) is 20.8 Å². The molecule has 0 bridgehead atoms. The van der Waals surface area contributed by atoms with E-state index in [1.807, 2.05) is 71.0 Å². The van der Waals surface area contributed by atoms with Crippen LogP contribution in [0.1, 0.15) is 42.5 Å². The Morgan fingerprint density at radius 3 is 2.33 bits per heavy atom. The molecule has 0 radical (unpaired) electrons.